The van der Waals surface area contributed by atoms with Gasteiger partial charge in [-0.15, -0.1) is 11.3 Å². The van der Waals surface area contributed by atoms with Crippen molar-refractivity contribution in [2.75, 3.05) is 4.90 Å². The van der Waals surface area contributed by atoms with Gasteiger partial charge < -0.3 is 4.90 Å². The molecule has 1 aromatic heterocycles. The SMILES string of the molecule is c1ccc(-c2ccc(-c3ccc(N(c4cc(-c5ccccc5)cc(-c5ccccc5)c4)c4cccc5c4sc4ccccc45)cc3)cc2)cc1. The van der Waals surface area contributed by atoms with Crippen molar-refractivity contribution in [3.63, 3.8) is 0 Å². The highest BCUT2D eigenvalue weighted by Crippen LogP contribution is 2.46. The van der Waals surface area contributed by atoms with Crippen molar-refractivity contribution in [3.8, 4) is 44.5 Å². The topological polar surface area (TPSA) is 3.24 Å². The molecule has 2 heteroatoms. The highest BCUT2D eigenvalue weighted by atomic mass is 32.1. The molecule has 8 aromatic carbocycles. The molecule has 9 rings (SSSR count). The van der Waals surface area contributed by atoms with Crippen molar-refractivity contribution < 1.29 is 0 Å². The van der Waals surface area contributed by atoms with Gasteiger partial charge in [0.2, 0.25) is 0 Å². The number of fused-ring (bicyclic) bond motifs is 3. The Labute approximate surface area is 297 Å². The molecular formula is C48H33NS. The second-order valence-corrected chi connectivity index (χ2v) is 13.6. The lowest BCUT2D eigenvalue weighted by Gasteiger charge is -2.27. The maximum absolute atomic E-state index is 2.44. The molecule has 236 valence electrons. The van der Waals surface area contributed by atoms with Gasteiger partial charge in [-0.25, -0.2) is 0 Å². The Morgan fingerprint density at radius 3 is 1.30 bits per heavy atom. The van der Waals surface area contributed by atoms with Crippen LogP contribution in [0.2, 0.25) is 0 Å². The van der Waals surface area contributed by atoms with Gasteiger partial charge >= 0.3 is 0 Å². The van der Waals surface area contributed by atoms with E-state index >= 15 is 0 Å². The van der Waals surface area contributed by atoms with E-state index in [2.05, 4.69) is 205 Å². The van der Waals surface area contributed by atoms with Crippen LogP contribution in [0.3, 0.4) is 0 Å². The summed E-state index contributed by atoms with van der Waals surface area (Å²) in [7, 11) is 0. The van der Waals surface area contributed by atoms with E-state index in [-0.39, 0.29) is 0 Å². The number of hydrogen-bond donors (Lipinski definition) is 0. The maximum atomic E-state index is 2.44. The monoisotopic (exact) mass is 655 g/mol. The molecule has 0 radical (unpaired) electrons. The van der Waals surface area contributed by atoms with Crippen LogP contribution in [0.25, 0.3) is 64.7 Å². The minimum absolute atomic E-state index is 1.11. The normalized spacial score (nSPS) is 11.2. The van der Waals surface area contributed by atoms with Crippen LogP contribution in [0, 0.1) is 0 Å². The smallest absolute Gasteiger partial charge is 0.0640 e. The summed E-state index contributed by atoms with van der Waals surface area (Å²) in [5, 5.41) is 2.58. The lowest BCUT2D eigenvalue weighted by atomic mass is 9.97. The Bertz CT molecular complexity index is 2490. The molecule has 0 amide bonds. The molecule has 50 heavy (non-hydrogen) atoms. The van der Waals surface area contributed by atoms with E-state index in [1.807, 2.05) is 11.3 Å². The van der Waals surface area contributed by atoms with Crippen molar-refractivity contribution in [2.45, 2.75) is 0 Å². The second kappa shape index (κ2) is 13.0. The van der Waals surface area contributed by atoms with E-state index in [9.17, 15) is 0 Å². The summed E-state index contributed by atoms with van der Waals surface area (Å²) < 4.78 is 2.58. The van der Waals surface area contributed by atoms with Crippen LogP contribution in [-0.2, 0) is 0 Å². The van der Waals surface area contributed by atoms with Crippen molar-refractivity contribution in [2.24, 2.45) is 0 Å². The molecule has 0 bridgehead atoms. The van der Waals surface area contributed by atoms with Crippen LogP contribution in [0.1, 0.15) is 0 Å². The average Bonchev–Trinajstić information content (AvgIpc) is 3.59. The molecule has 0 aliphatic carbocycles. The fourth-order valence-corrected chi connectivity index (χ4v) is 8.17. The van der Waals surface area contributed by atoms with Crippen LogP contribution in [0.4, 0.5) is 17.1 Å². The predicted octanol–water partition coefficient (Wildman–Crippen LogP) is 14.2. The highest BCUT2D eigenvalue weighted by Gasteiger charge is 2.20. The van der Waals surface area contributed by atoms with Crippen LogP contribution >= 0.6 is 11.3 Å². The molecule has 0 N–H and O–H groups in total. The molecule has 0 aliphatic rings. The van der Waals surface area contributed by atoms with Crippen molar-refractivity contribution >= 4 is 48.6 Å². The van der Waals surface area contributed by atoms with Crippen LogP contribution in [0.15, 0.2) is 200 Å². The van der Waals surface area contributed by atoms with Gasteiger partial charge in [0.05, 0.1) is 10.4 Å². The van der Waals surface area contributed by atoms with Gasteiger partial charge in [-0.3, -0.25) is 0 Å². The number of benzene rings is 8. The Balaban J connectivity index is 1.21. The summed E-state index contributed by atoms with van der Waals surface area (Å²) in [4.78, 5) is 2.44. The van der Waals surface area contributed by atoms with E-state index in [0.717, 1.165) is 11.4 Å². The third-order valence-electron chi connectivity index (χ3n) is 9.47. The molecule has 0 saturated heterocycles. The molecule has 1 nitrogen and oxygen atoms in total. The highest BCUT2D eigenvalue weighted by molar-refractivity contribution is 7.26. The molecule has 0 unspecified atom stereocenters. The molecule has 0 spiro atoms. The predicted molar refractivity (Wildman–Crippen MR) is 216 cm³/mol. The Morgan fingerprint density at radius 2 is 0.740 bits per heavy atom. The van der Waals surface area contributed by atoms with Crippen molar-refractivity contribution in [1.29, 1.82) is 0 Å². The van der Waals surface area contributed by atoms with Gasteiger partial charge in [0.15, 0.2) is 0 Å². The summed E-state index contributed by atoms with van der Waals surface area (Å²) in [6, 6.07) is 72.4. The minimum Gasteiger partial charge on any atom is -0.309 e. The molecule has 1 heterocycles. The lowest BCUT2D eigenvalue weighted by Crippen LogP contribution is -2.10. The lowest BCUT2D eigenvalue weighted by molar-refractivity contribution is 1.30. The molecule has 0 saturated carbocycles. The molecule has 0 atom stereocenters. The van der Waals surface area contributed by atoms with Crippen molar-refractivity contribution in [1.82, 2.24) is 0 Å². The molecule has 0 aliphatic heterocycles. The first-order valence-corrected chi connectivity index (χ1v) is 17.8. The van der Waals surface area contributed by atoms with E-state index < -0.39 is 0 Å². The Morgan fingerprint density at radius 1 is 0.300 bits per heavy atom. The summed E-state index contributed by atoms with van der Waals surface area (Å²) in [6.07, 6.45) is 0. The summed E-state index contributed by atoms with van der Waals surface area (Å²) in [5.41, 5.74) is 13.0. The standard InChI is InChI=1S/C48H33NS/c1-4-13-34(14-5-1)37-23-25-38(26-24-37)39-27-29-42(30-28-39)49(46-21-12-20-45-44-19-10-11-22-47(44)50-48(45)46)43-32-40(35-15-6-2-7-16-35)31-41(33-43)36-17-8-3-9-18-36/h1-33H. The molecule has 0 fully saturated rings. The zero-order chi connectivity index (χ0) is 33.3. The van der Waals surface area contributed by atoms with Crippen LogP contribution in [0.5, 0.6) is 0 Å². The number of hydrogen-bond acceptors (Lipinski definition) is 2. The zero-order valence-electron chi connectivity index (χ0n) is 27.4. The Kier molecular flexibility index (Phi) is 7.77. The third-order valence-corrected chi connectivity index (χ3v) is 10.7. The van der Waals surface area contributed by atoms with Gasteiger partial charge in [0.1, 0.15) is 0 Å². The molecular weight excluding hydrogens is 623 g/mol. The average molecular weight is 656 g/mol. The third kappa shape index (κ3) is 5.66. The fraction of sp³-hybridized carbons (Fsp3) is 0. The van der Waals surface area contributed by atoms with Crippen LogP contribution in [-0.4, -0.2) is 0 Å². The quantitative estimate of drug-likeness (QED) is 0.165. The van der Waals surface area contributed by atoms with E-state index in [1.54, 1.807) is 0 Å². The fourth-order valence-electron chi connectivity index (χ4n) is 6.96. The van der Waals surface area contributed by atoms with Gasteiger partial charge in [-0.05, 0) is 87.0 Å². The van der Waals surface area contributed by atoms with E-state index in [4.69, 9.17) is 0 Å². The number of rotatable bonds is 7. The van der Waals surface area contributed by atoms with E-state index in [1.165, 1.54) is 70.4 Å². The Hall–Kier alpha value is -6.22. The second-order valence-electron chi connectivity index (χ2n) is 12.6. The first-order valence-electron chi connectivity index (χ1n) is 17.0. The first kappa shape index (κ1) is 29.9. The van der Waals surface area contributed by atoms with Gasteiger partial charge in [0.25, 0.3) is 0 Å². The molecule has 9 aromatic rings. The summed E-state index contributed by atoms with van der Waals surface area (Å²) in [5.74, 6) is 0. The van der Waals surface area contributed by atoms with Gasteiger partial charge in [-0.2, -0.15) is 0 Å². The number of nitrogens with zero attached hydrogens (tertiary/aromatic N) is 1. The number of thiophene rings is 1. The van der Waals surface area contributed by atoms with Crippen LogP contribution < -0.4 is 4.90 Å². The van der Waals surface area contributed by atoms with Crippen molar-refractivity contribution in [3.05, 3.63) is 200 Å². The van der Waals surface area contributed by atoms with E-state index in [0.29, 0.717) is 0 Å². The largest absolute Gasteiger partial charge is 0.309 e. The van der Waals surface area contributed by atoms with Gasteiger partial charge in [0, 0.05) is 26.8 Å². The maximum Gasteiger partial charge on any atom is 0.0640 e. The first-order chi connectivity index (χ1) is 24.8. The zero-order valence-corrected chi connectivity index (χ0v) is 28.2. The van der Waals surface area contributed by atoms with Gasteiger partial charge in [-0.1, -0.05) is 158 Å². The minimum atomic E-state index is 1.11. The summed E-state index contributed by atoms with van der Waals surface area (Å²) >= 11 is 1.86. The summed E-state index contributed by atoms with van der Waals surface area (Å²) in [6.45, 7) is 0. The number of anilines is 3.